The van der Waals surface area contributed by atoms with E-state index in [1.54, 1.807) is 4.52 Å². The van der Waals surface area contributed by atoms with Crippen molar-refractivity contribution < 1.29 is 0 Å². The third-order valence-electron chi connectivity index (χ3n) is 5.39. The minimum atomic E-state index is 0.341. The van der Waals surface area contributed by atoms with Crippen molar-refractivity contribution in [3.05, 3.63) is 82.1 Å². The predicted octanol–water partition coefficient (Wildman–Crippen LogP) is 4.46. The first-order chi connectivity index (χ1) is 16.3. The second-order valence-electron chi connectivity index (χ2n) is 7.43. The number of tetrazole rings is 1. The fraction of sp³-hybridized carbons (Fsp3) is 0.182. The van der Waals surface area contributed by atoms with E-state index in [1.807, 2.05) is 24.3 Å². The van der Waals surface area contributed by atoms with Gasteiger partial charge in [0.15, 0.2) is 0 Å². The molecule has 3 aromatic heterocycles. The standard InChI is InChI=1S/C22H19N11/c1-2-5-19-18(20(27-30-23)26-22-24-13-25-33(19)22)12-14-8-10-15(11-9-14)16-6-3-4-7-17(16)21-28-31-32-29-21/h3-4,6-11,13H,2,5,12H2,1H3,(H,28,29,31,32). The topological polar surface area (TPSA) is 146 Å². The molecule has 0 radical (unpaired) electrons. The lowest BCUT2D eigenvalue weighted by molar-refractivity contribution is 0.777. The molecule has 0 saturated heterocycles. The molecule has 0 fully saturated rings. The summed E-state index contributed by atoms with van der Waals surface area (Å²) >= 11 is 0. The van der Waals surface area contributed by atoms with Crippen molar-refractivity contribution >= 4 is 11.6 Å². The van der Waals surface area contributed by atoms with Gasteiger partial charge in [-0.3, -0.25) is 0 Å². The van der Waals surface area contributed by atoms with E-state index < -0.39 is 0 Å². The molecule has 162 valence electrons. The molecular weight excluding hydrogens is 418 g/mol. The quantitative estimate of drug-likeness (QED) is 0.226. The van der Waals surface area contributed by atoms with Crippen LogP contribution in [-0.2, 0) is 12.8 Å². The first kappa shape index (κ1) is 20.3. The van der Waals surface area contributed by atoms with Crippen LogP contribution in [0.3, 0.4) is 0 Å². The number of rotatable bonds is 7. The molecule has 0 aliphatic rings. The molecule has 0 unspecified atom stereocenters. The molecule has 0 atom stereocenters. The molecule has 0 bridgehead atoms. The van der Waals surface area contributed by atoms with Gasteiger partial charge in [0.1, 0.15) is 12.1 Å². The zero-order valence-electron chi connectivity index (χ0n) is 17.8. The number of aromatic nitrogens is 8. The molecule has 0 aliphatic heterocycles. The second kappa shape index (κ2) is 8.85. The van der Waals surface area contributed by atoms with E-state index in [0.717, 1.165) is 46.4 Å². The number of nitrogens with one attached hydrogen (secondary N) is 1. The molecular formula is C22H19N11. The molecule has 0 spiro atoms. The molecule has 0 saturated carbocycles. The highest BCUT2D eigenvalue weighted by Gasteiger charge is 2.16. The lowest BCUT2D eigenvalue weighted by Gasteiger charge is -2.13. The van der Waals surface area contributed by atoms with Crippen LogP contribution in [0.25, 0.3) is 38.7 Å². The van der Waals surface area contributed by atoms with E-state index in [9.17, 15) is 0 Å². The number of aryl methyl sites for hydroxylation is 1. The Bertz CT molecular complexity index is 1450. The van der Waals surface area contributed by atoms with E-state index in [-0.39, 0.29) is 0 Å². The smallest absolute Gasteiger partial charge is 0.209 e. The van der Waals surface area contributed by atoms with Crippen LogP contribution in [-0.4, -0.2) is 40.2 Å². The Hall–Kier alpha value is -4.63. The first-order valence-electron chi connectivity index (χ1n) is 10.5. The summed E-state index contributed by atoms with van der Waals surface area (Å²) in [5.74, 6) is 1.32. The highest BCUT2D eigenvalue weighted by molar-refractivity contribution is 5.80. The first-order valence-corrected chi connectivity index (χ1v) is 10.5. The van der Waals surface area contributed by atoms with Gasteiger partial charge in [0.05, 0.1) is 5.69 Å². The van der Waals surface area contributed by atoms with Gasteiger partial charge < -0.3 is 0 Å². The maximum atomic E-state index is 9.08. The molecule has 33 heavy (non-hydrogen) atoms. The van der Waals surface area contributed by atoms with Gasteiger partial charge in [0, 0.05) is 22.5 Å². The van der Waals surface area contributed by atoms with Gasteiger partial charge in [-0.15, -0.1) is 10.2 Å². The van der Waals surface area contributed by atoms with E-state index in [2.05, 4.69) is 76.9 Å². The Morgan fingerprint density at radius 1 is 1.09 bits per heavy atom. The molecule has 11 nitrogen and oxygen atoms in total. The van der Waals surface area contributed by atoms with Gasteiger partial charge in [-0.2, -0.15) is 15.3 Å². The Kier molecular flexibility index (Phi) is 5.44. The lowest BCUT2D eigenvalue weighted by Crippen LogP contribution is -2.07. The fourth-order valence-corrected chi connectivity index (χ4v) is 3.93. The number of fused-ring (bicyclic) bond motifs is 1. The van der Waals surface area contributed by atoms with Crippen LogP contribution < -0.4 is 0 Å². The van der Waals surface area contributed by atoms with Crippen molar-refractivity contribution in [3.8, 4) is 22.5 Å². The van der Waals surface area contributed by atoms with Gasteiger partial charge in [0.25, 0.3) is 5.78 Å². The van der Waals surface area contributed by atoms with Crippen LogP contribution in [0.15, 0.2) is 60.0 Å². The van der Waals surface area contributed by atoms with Crippen molar-refractivity contribution in [1.82, 2.24) is 40.2 Å². The highest BCUT2D eigenvalue weighted by Crippen LogP contribution is 2.31. The molecule has 1 N–H and O–H groups in total. The zero-order valence-corrected chi connectivity index (χ0v) is 17.8. The summed E-state index contributed by atoms with van der Waals surface area (Å²) in [7, 11) is 0. The maximum Gasteiger partial charge on any atom is 0.252 e. The number of nitrogens with zero attached hydrogens (tertiary/aromatic N) is 10. The number of azide groups is 1. The average molecular weight is 437 g/mol. The molecule has 2 aromatic carbocycles. The Labute approximate surface area is 188 Å². The largest absolute Gasteiger partial charge is 0.252 e. The molecule has 0 aliphatic carbocycles. The van der Waals surface area contributed by atoms with Gasteiger partial charge >= 0.3 is 0 Å². The van der Waals surface area contributed by atoms with E-state index >= 15 is 0 Å². The normalized spacial score (nSPS) is 10.9. The van der Waals surface area contributed by atoms with Gasteiger partial charge in [-0.1, -0.05) is 61.9 Å². The number of aromatic amines is 1. The summed E-state index contributed by atoms with van der Waals surface area (Å²) in [4.78, 5) is 11.6. The monoisotopic (exact) mass is 437 g/mol. The maximum absolute atomic E-state index is 9.08. The van der Waals surface area contributed by atoms with Crippen LogP contribution in [0.4, 0.5) is 5.82 Å². The lowest BCUT2D eigenvalue weighted by atomic mass is 9.96. The molecule has 5 aromatic rings. The second-order valence-corrected chi connectivity index (χ2v) is 7.43. The van der Waals surface area contributed by atoms with Gasteiger partial charge in [0.2, 0.25) is 5.82 Å². The molecule has 5 rings (SSSR count). The number of H-pyrrole nitrogens is 1. The summed E-state index contributed by atoms with van der Waals surface area (Å²) < 4.78 is 1.73. The summed E-state index contributed by atoms with van der Waals surface area (Å²) in [6, 6.07) is 16.2. The third kappa shape index (κ3) is 3.88. The molecule has 0 amide bonds. The predicted molar refractivity (Wildman–Crippen MR) is 121 cm³/mol. The third-order valence-corrected chi connectivity index (χ3v) is 5.39. The Balaban J connectivity index is 1.53. The Morgan fingerprint density at radius 2 is 1.91 bits per heavy atom. The van der Waals surface area contributed by atoms with Crippen LogP contribution in [0, 0.1) is 0 Å². The number of hydrogen-bond donors (Lipinski definition) is 1. The van der Waals surface area contributed by atoms with Crippen LogP contribution in [0.2, 0.25) is 0 Å². The minimum Gasteiger partial charge on any atom is -0.209 e. The summed E-state index contributed by atoms with van der Waals surface area (Å²) in [5, 5.41) is 22.6. The summed E-state index contributed by atoms with van der Waals surface area (Å²) in [6.45, 7) is 2.09. The van der Waals surface area contributed by atoms with Crippen molar-refractivity contribution in [3.63, 3.8) is 0 Å². The average Bonchev–Trinajstić information content (AvgIpc) is 3.54. The SMILES string of the molecule is CCCc1c(Cc2ccc(-c3ccccc3-c3nn[nH]n3)cc2)c(N=[N+]=[N-])nc2ncnn12. The van der Waals surface area contributed by atoms with E-state index in [4.69, 9.17) is 5.53 Å². The van der Waals surface area contributed by atoms with Crippen LogP contribution in [0.5, 0.6) is 0 Å². The number of benzene rings is 2. The molecule has 11 heteroatoms. The van der Waals surface area contributed by atoms with Crippen molar-refractivity contribution in [1.29, 1.82) is 0 Å². The number of hydrogen-bond acceptors (Lipinski definition) is 7. The van der Waals surface area contributed by atoms with Crippen molar-refractivity contribution in [2.24, 2.45) is 5.11 Å². The van der Waals surface area contributed by atoms with Crippen molar-refractivity contribution in [2.75, 3.05) is 0 Å². The van der Waals surface area contributed by atoms with Crippen LogP contribution >= 0.6 is 0 Å². The van der Waals surface area contributed by atoms with Crippen molar-refractivity contribution in [2.45, 2.75) is 26.2 Å². The summed E-state index contributed by atoms with van der Waals surface area (Å²) in [5.41, 5.74) is 14.9. The van der Waals surface area contributed by atoms with E-state index in [0.29, 0.717) is 23.8 Å². The summed E-state index contributed by atoms with van der Waals surface area (Å²) in [6.07, 6.45) is 3.69. The fourth-order valence-electron chi connectivity index (χ4n) is 3.93. The van der Waals surface area contributed by atoms with Gasteiger partial charge in [-0.25, -0.2) is 9.50 Å². The molecule has 3 heterocycles. The van der Waals surface area contributed by atoms with Crippen LogP contribution in [0.1, 0.15) is 30.2 Å². The minimum absolute atomic E-state index is 0.341. The highest BCUT2D eigenvalue weighted by atomic mass is 15.5. The van der Waals surface area contributed by atoms with Gasteiger partial charge in [-0.05, 0) is 39.0 Å². The zero-order chi connectivity index (χ0) is 22.6. The Morgan fingerprint density at radius 3 is 2.64 bits per heavy atom. The van der Waals surface area contributed by atoms with E-state index in [1.165, 1.54) is 6.33 Å².